The Morgan fingerprint density at radius 3 is 2.82 bits per heavy atom. The lowest BCUT2D eigenvalue weighted by Gasteiger charge is -2.35. The summed E-state index contributed by atoms with van der Waals surface area (Å²) in [4.78, 5) is 17.7. The van der Waals surface area contributed by atoms with E-state index in [0.717, 1.165) is 18.0 Å². The Morgan fingerprint density at radius 2 is 2.00 bits per heavy atom. The van der Waals surface area contributed by atoms with Crippen LogP contribution in [0.25, 0.3) is 0 Å². The summed E-state index contributed by atoms with van der Waals surface area (Å²) in [6.07, 6.45) is 7.15. The summed E-state index contributed by atoms with van der Waals surface area (Å²) < 4.78 is 0. The fourth-order valence-electron chi connectivity index (χ4n) is 4.25. The van der Waals surface area contributed by atoms with Gasteiger partial charge in [0.25, 0.3) is 0 Å². The average Bonchev–Trinajstić information content (AvgIpc) is 3.49. The number of fused-ring (bicyclic) bond motifs is 1. The van der Waals surface area contributed by atoms with Crippen LogP contribution in [0.2, 0.25) is 0 Å². The normalized spacial score (nSPS) is 20.1. The second-order valence-corrected chi connectivity index (χ2v) is 10.4. The van der Waals surface area contributed by atoms with Gasteiger partial charge in [0.1, 0.15) is 5.01 Å². The third kappa shape index (κ3) is 3.49. The largest absolute Gasteiger partial charge is 0.324 e. The summed E-state index contributed by atoms with van der Waals surface area (Å²) >= 11 is 5.04. The molecule has 0 spiro atoms. The molecule has 4 heterocycles. The van der Waals surface area contributed by atoms with Crippen molar-refractivity contribution in [2.45, 2.75) is 50.5 Å². The van der Waals surface area contributed by atoms with Crippen molar-refractivity contribution >= 4 is 45.2 Å². The van der Waals surface area contributed by atoms with Gasteiger partial charge < -0.3 is 4.90 Å². The first-order valence-corrected chi connectivity index (χ1v) is 12.4. The Hall–Kier alpha value is -1.77. The van der Waals surface area contributed by atoms with E-state index in [-0.39, 0.29) is 12.1 Å². The molecule has 1 aliphatic heterocycles. The molecular weight excluding hydrogens is 408 g/mol. The third-order valence-corrected chi connectivity index (χ3v) is 8.57. The van der Waals surface area contributed by atoms with Crippen molar-refractivity contribution in [3.8, 4) is 0 Å². The molecule has 1 aliphatic carbocycles. The molecule has 0 unspecified atom stereocenters. The van der Waals surface area contributed by atoms with Crippen molar-refractivity contribution in [3.63, 3.8) is 0 Å². The van der Waals surface area contributed by atoms with Crippen LogP contribution in [0.4, 0.5) is 9.93 Å². The minimum absolute atomic E-state index is 0.0132. The number of hydrogen-bond donors (Lipinski definition) is 1. The first-order chi connectivity index (χ1) is 13.8. The molecule has 0 bridgehead atoms. The predicted molar refractivity (Wildman–Crippen MR) is 116 cm³/mol. The van der Waals surface area contributed by atoms with Crippen LogP contribution in [0.5, 0.6) is 0 Å². The molecule has 28 heavy (non-hydrogen) atoms. The highest BCUT2D eigenvalue weighted by Gasteiger charge is 2.34. The van der Waals surface area contributed by atoms with Crippen LogP contribution in [0.15, 0.2) is 29.0 Å². The molecule has 146 valence electrons. The number of amides is 2. The van der Waals surface area contributed by atoms with Crippen LogP contribution in [0.1, 0.15) is 64.4 Å². The van der Waals surface area contributed by atoms with Gasteiger partial charge in [0, 0.05) is 22.2 Å². The van der Waals surface area contributed by atoms with Crippen molar-refractivity contribution in [1.82, 2.24) is 15.1 Å². The second kappa shape index (κ2) is 7.93. The lowest BCUT2D eigenvalue weighted by atomic mass is 9.90. The number of carbonyl (C=O) groups excluding carboxylic acids is 1. The monoisotopic (exact) mass is 430 g/mol. The number of urea groups is 1. The molecule has 1 N–H and O–H groups in total. The van der Waals surface area contributed by atoms with E-state index in [1.807, 2.05) is 4.90 Å². The summed E-state index contributed by atoms with van der Waals surface area (Å²) in [6.45, 7) is 0.718. The first kappa shape index (κ1) is 18.3. The number of rotatable bonds is 3. The highest BCUT2D eigenvalue weighted by Crippen LogP contribution is 2.40. The molecule has 3 aromatic rings. The SMILES string of the molecule is O=C(Nc1nnc(C2CCCCC2)s1)N1CCc2sccc2[C@@H]1c1cccs1. The van der Waals surface area contributed by atoms with Crippen LogP contribution in [0.3, 0.4) is 0 Å². The average molecular weight is 431 g/mol. The van der Waals surface area contributed by atoms with Crippen molar-refractivity contribution < 1.29 is 4.79 Å². The number of hydrogen-bond acceptors (Lipinski definition) is 6. The second-order valence-electron chi connectivity index (χ2n) is 7.37. The molecule has 1 atom stereocenters. The van der Waals surface area contributed by atoms with Gasteiger partial charge in [-0.15, -0.1) is 32.9 Å². The Morgan fingerprint density at radius 1 is 1.11 bits per heavy atom. The van der Waals surface area contributed by atoms with E-state index in [1.165, 1.54) is 47.4 Å². The minimum atomic E-state index is -0.0819. The van der Waals surface area contributed by atoms with Crippen LogP contribution < -0.4 is 5.32 Å². The number of nitrogens with zero attached hydrogens (tertiary/aromatic N) is 3. The third-order valence-electron chi connectivity index (χ3n) is 5.65. The Labute approximate surface area is 176 Å². The summed E-state index contributed by atoms with van der Waals surface area (Å²) in [6, 6.07) is 6.24. The first-order valence-electron chi connectivity index (χ1n) is 9.80. The Kier molecular flexibility index (Phi) is 5.17. The van der Waals surface area contributed by atoms with Gasteiger partial charge in [-0.2, -0.15) is 0 Å². The van der Waals surface area contributed by atoms with E-state index in [4.69, 9.17) is 0 Å². The fraction of sp³-hybridized carbons (Fsp3) is 0.450. The van der Waals surface area contributed by atoms with E-state index in [1.54, 1.807) is 34.0 Å². The van der Waals surface area contributed by atoms with Crippen LogP contribution >= 0.6 is 34.0 Å². The molecule has 8 heteroatoms. The van der Waals surface area contributed by atoms with Crippen molar-refractivity contribution in [1.29, 1.82) is 0 Å². The Bertz CT molecular complexity index is 942. The van der Waals surface area contributed by atoms with Gasteiger partial charge in [0.2, 0.25) is 5.13 Å². The maximum Gasteiger partial charge on any atom is 0.324 e. The quantitative estimate of drug-likeness (QED) is 0.564. The molecular formula is C20H22N4OS3. The zero-order chi connectivity index (χ0) is 18.9. The van der Waals surface area contributed by atoms with Crippen LogP contribution in [-0.2, 0) is 6.42 Å². The smallest absolute Gasteiger partial charge is 0.312 e. The van der Waals surface area contributed by atoms with Crippen LogP contribution in [-0.4, -0.2) is 27.7 Å². The molecule has 5 nitrogen and oxygen atoms in total. The summed E-state index contributed by atoms with van der Waals surface area (Å²) in [5, 5.41) is 17.6. The van der Waals surface area contributed by atoms with Gasteiger partial charge in [-0.25, -0.2) is 4.79 Å². The van der Waals surface area contributed by atoms with Gasteiger partial charge in [-0.05, 0) is 47.7 Å². The van der Waals surface area contributed by atoms with Gasteiger partial charge in [-0.1, -0.05) is 36.7 Å². The standard InChI is InChI=1S/C20H22N4OS3/c25-20(21-19-23-22-18(28-19)13-5-2-1-3-6-13)24-10-8-15-14(9-12-27-15)17(24)16-7-4-11-26-16/h4,7,9,11-13,17H,1-3,5-6,8,10H2,(H,21,23,25)/t17-/m1/s1. The van der Waals surface area contributed by atoms with Crippen molar-refractivity contribution in [2.75, 3.05) is 11.9 Å². The number of carbonyl (C=O) groups is 1. The van der Waals surface area contributed by atoms with Crippen molar-refractivity contribution in [3.05, 3.63) is 49.3 Å². The molecule has 3 aromatic heterocycles. The predicted octanol–water partition coefficient (Wildman–Crippen LogP) is 5.89. The van der Waals surface area contributed by atoms with Gasteiger partial charge >= 0.3 is 6.03 Å². The molecule has 1 saturated carbocycles. The molecule has 2 amide bonds. The molecule has 0 radical (unpaired) electrons. The van der Waals surface area contributed by atoms with E-state index >= 15 is 0 Å². The number of thiophene rings is 2. The maximum atomic E-state index is 13.2. The summed E-state index contributed by atoms with van der Waals surface area (Å²) in [5.41, 5.74) is 1.26. The molecule has 5 rings (SSSR count). The van der Waals surface area contributed by atoms with Gasteiger partial charge in [0.05, 0.1) is 6.04 Å². The van der Waals surface area contributed by atoms with Gasteiger partial charge in [-0.3, -0.25) is 5.32 Å². The zero-order valence-electron chi connectivity index (χ0n) is 15.5. The van der Waals surface area contributed by atoms with E-state index < -0.39 is 0 Å². The van der Waals surface area contributed by atoms with E-state index in [2.05, 4.69) is 44.5 Å². The lowest BCUT2D eigenvalue weighted by Crippen LogP contribution is -2.42. The maximum absolute atomic E-state index is 13.2. The molecule has 2 aliphatic rings. The zero-order valence-corrected chi connectivity index (χ0v) is 17.9. The minimum Gasteiger partial charge on any atom is -0.312 e. The molecule has 0 saturated heterocycles. The summed E-state index contributed by atoms with van der Waals surface area (Å²) in [5.74, 6) is 0.513. The Balaban J connectivity index is 1.35. The highest BCUT2D eigenvalue weighted by atomic mass is 32.1. The van der Waals surface area contributed by atoms with Gasteiger partial charge in [0.15, 0.2) is 0 Å². The lowest BCUT2D eigenvalue weighted by molar-refractivity contribution is 0.195. The fourth-order valence-corrected chi connectivity index (χ4v) is 6.91. The molecule has 1 fully saturated rings. The number of anilines is 1. The van der Waals surface area contributed by atoms with E-state index in [9.17, 15) is 4.79 Å². The topological polar surface area (TPSA) is 58.1 Å². The summed E-state index contributed by atoms with van der Waals surface area (Å²) in [7, 11) is 0. The number of nitrogens with one attached hydrogen (secondary N) is 1. The van der Waals surface area contributed by atoms with Crippen molar-refractivity contribution in [2.24, 2.45) is 0 Å². The number of aromatic nitrogens is 2. The highest BCUT2D eigenvalue weighted by molar-refractivity contribution is 7.15. The van der Waals surface area contributed by atoms with Crippen LogP contribution in [0, 0.1) is 0 Å². The van der Waals surface area contributed by atoms with E-state index in [0.29, 0.717) is 11.0 Å². The molecule has 0 aromatic carbocycles.